The first-order valence-corrected chi connectivity index (χ1v) is 12.0. The van der Waals surface area contributed by atoms with Crippen molar-refractivity contribution in [1.82, 2.24) is 0 Å². The van der Waals surface area contributed by atoms with Crippen molar-refractivity contribution < 1.29 is 4.74 Å². The average molecular weight is 474 g/mol. The van der Waals surface area contributed by atoms with Gasteiger partial charge in [0.25, 0.3) is 0 Å². The number of anilines is 1. The molecule has 170 valence electrons. The highest BCUT2D eigenvalue weighted by atomic mass is 35.5. The molecule has 1 aliphatic carbocycles. The van der Waals surface area contributed by atoms with Crippen molar-refractivity contribution in [2.45, 2.75) is 5.41 Å². The second-order valence-electron chi connectivity index (χ2n) is 8.86. The Balaban J connectivity index is 1.73. The van der Waals surface area contributed by atoms with Crippen LogP contribution in [0.5, 0.6) is 5.75 Å². The van der Waals surface area contributed by atoms with Gasteiger partial charge in [0.05, 0.1) is 12.5 Å². The van der Waals surface area contributed by atoms with E-state index in [9.17, 15) is 0 Å². The van der Waals surface area contributed by atoms with Gasteiger partial charge in [-0.3, -0.25) is 0 Å². The molecule has 2 nitrogen and oxygen atoms in total. The smallest absolute Gasteiger partial charge is 0.126 e. The van der Waals surface area contributed by atoms with Crippen LogP contribution in [0.4, 0.5) is 5.69 Å². The van der Waals surface area contributed by atoms with E-state index in [1.807, 2.05) is 18.2 Å². The molecule has 0 radical (unpaired) electrons. The Morgan fingerprint density at radius 2 is 1.23 bits per heavy atom. The van der Waals surface area contributed by atoms with Crippen LogP contribution < -0.4 is 10.5 Å². The van der Waals surface area contributed by atoms with Crippen molar-refractivity contribution in [1.29, 1.82) is 0 Å². The molecule has 0 spiro atoms. The fourth-order valence-electron chi connectivity index (χ4n) is 5.63. The molecule has 0 bridgehead atoms. The maximum atomic E-state index is 6.81. The molecule has 0 fully saturated rings. The largest absolute Gasteiger partial charge is 0.496 e. The minimum atomic E-state index is -0.473. The van der Waals surface area contributed by atoms with E-state index in [4.69, 9.17) is 22.1 Å². The van der Waals surface area contributed by atoms with E-state index in [2.05, 4.69) is 97.1 Å². The summed E-state index contributed by atoms with van der Waals surface area (Å²) in [5.41, 5.74) is 16.1. The first kappa shape index (κ1) is 21.5. The molecule has 1 aliphatic rings. The lowest BCUT2D eigenvalue weighted by Crippen LogP contribution is -2.28. The fourth-order valence-corrected chi connectivity index (χ4v) is 5.80. The number of nitrogens with two attached hydrogens (primary N) is 1. The number of methoxy groups -OCH3 is 1. The van der Waals surface area contributed by atoms with Crippen molar-refractivity contribution in [2.75, 3.05) is 12.8 Å². The van der Waals surface area contributed by atoms with Gasteiger partial charge in [-0.05, 0) is 63.7 Å². The van der Waals surface area contributed by atoms with Gasteiger partial charge in [-0.2, -0.15) is 0 Å². The van der Waals surface area contributed by atoms with Gasteiger partial charge in [0.1, 0.15) is 5.75 Å². The molecule has 0 saturated heterocycles. The predicted octanol–water partition coefficient (Wildman–Crippen LogP) is 7.96. The zero-order chi connectivity index (χ0) is 24.0. The third-order valence-corrected chi connectivity index (χ3v) is 7.32. The summed E-state index contributed by atoms with van der Waals surface area (Å²) in [5, 5.41) is 0.643. The van der Waals surface area contributed by atoms with Crippen molar-refractivity contribution in [3.8, 4) is 28.0 Å². The zero-order valence-electron chi connectivity index (χ0n) is 19.3. The average Bonchev–Trinajstić information content (AvgIpc) is 3.19. The van der Waals surface area contributed by atoms with Gasteiger partial charge < -0.3 is 10.5 Å². The molecule has 0 saturated carbocycles. The van der Waals surface area contributed by atoms with Gasteiger partial charge in [0.15, 0.2) is 0 Å². The van der Waals surface area contributed by atoms with E-state index in [1.165, 1.54) is 33.4 Å². The van der Waals surface area contributed by atoms with E-state index in [-0.39, 0.29) is 0 Å². The van der Waals surface area contributed by atoms with Crippen LogP contribution in [0.15, 0.2) is 115 Å². The van der Waals surface area contributed by atoms with Crippen LogP contribution in [-0.4, -0.2) is 7.11 Å². The van der Waals surface area contributed by atoms with Crippen LogP contribution in [0.1, 0.15) is 22.3 Å². The second-order valence-corrected chi connectivity index (χ2v) is 9.29. The minimum absolute atomic E-state index is 0.473. The molecule has 0 aliphatic heterocycles. The number of rotatable bonds is 4. The van der Waals surface area contributed by atoms with Gasteiger partial charge in [0, 0.05) is 21.8 Å². The lowest BCUT2D eigenvalue weighted by Gasteiger charge is -2.34. The van der Waals surface area contributed by atoms with E-state index in [1.54, 1.807) is 7.11 Å². The topological polar surface area (TPSA) is 35.2 Å². The van der Waals surface area contributed by atoms with Crippen molar-refractivity contribution >= 4 is 17.3 Å². The van der Waals surface area contributed by atoms with E-state index in [0.29, 0.717) is 10.7 Å². The molecule has 0 aromatic heterocycles. The minimum Gasteiger partial charge on any atom is -0.496 e. The molecule has 0 unspecified atom stereocenters. The summed E-state index contributed by atoms with van der Waals surface area (Å²) in [4.78, 5) is 0. The number of nitrogen functional groups attached to an aromatic ring is 1. The Bertz CT molecular complexity index is 1500. The molecule has 0 amide bonds. The van der Waals surface area contributed by atoms with E-state index in [0.717, 1.165) is 16.9 Å². The molecule has 2 N–H and O–H groups in total. The SMILES string of the molecule is COc1ccc(Cl)cc1-c1cc2c(cc1N)C(c1ccccc1)(c1ccccc1)c1ccccc1-2. The van der Waals surface area contributed by atoms with Crippen LogP contribution in [-0.2, 0) is 5.41 Å². The van der Waals surface area contributed by atoms with Crippen LogP contribution in [0, 0.1) is 0 Å². The lowest BCUT2D eigenvalue weighted by atomic mass is 9.67. The monoisotopic (exact) mass is 473 g/mol. The Kier molecular flexibility index (Phi) is 5.12. The first-order chi connectivity index (χ1) is 17.1. The quantitative estimate of drug-likeness (QED) is 0.263. The molecule has 35 heavy (non-hydrogen) atoms. The summed E-state index contributed by atoms with van der Waals surface area (Å²) in [6.45, 7) is 0. The summed E-state index contributed by atoms with van der Waals surface area (Å²) in [6, 6.07) is 40.0. The number of hydrogen-bond donors (Lipinski definition) is 1. The Morgan fingerprint density at radius 3 is 1.89 bits per heavy atom. The molecule has 5 aromatic rings. The molecular formula is C32H24ClNO. The normalized spacial score (nSPS) is 13.2. The van der Waals surface area contributed by atoms with Crippen LogP contribution >= 0.6 is 11.6 Å². The predicted molar refractivity (Wildman–Crippen MR) is 145 cm³/mol. The maximum Gasteiger partial charge on any atom is 0.126 e. The van der Waals surface area contributed by atoms with Gasteiger partial charge in [-0.15, -0.1) is 0 Å². The number of fused-ring (bicyclic) bond motifs is 3. The highest BCUT2D eigenvalue weighted by molar-refractivity contribution is 6.31. The third kappa shape index (κ3) is 3.18. The summed E-state index contributed by atoms with van der Waals surface area (Å²) >= 11 is 6.38. The Hall–Kier alpha value is -4.01. The van der Waals surface area contributed by atoms with E-state index < -0.39 is 5.41 Å². The number of halogens is 1. The zero-order valence-corrected chi connectivity index (χ0v) is 20.1. The maximum absolute atomic E-state index is 6.81. The highest BCUT2D eigenvalue weighted by Gasteiger charge is 2.46. The second kappa shape index (κ2) is 8.33. The van der Waals surface area contributed by atoms with Crippen LogP contribution in [0.2, 0.25) is 5.02 Å². The molecule has 3 heteroatoms. The molecule has 0 heterocycles. The Morgan fingerprint density at radius 1 is 0.600 bits per heavy atom. The molecular weight excluding hydrogens is 450 g/mol. The first-order valence-electron chi connectivity index (χ1n) is 11.6. The van der Waals surface area contributed by atoms with Crippen LogP contribution in [0.25, 0.3) is 22.3 Å². The standard InChI is InChI=1S/C32H24ClNO/c1-35-31-17-16-23(33)18-27(31)26-19-25-24-14-8-9-15-28(24)32(29(25)20-30(26)34,21-10-4-2-5-11-21)22-12-6-3-7-13-22/h2-20H,34H2,1H3. The summed E-state index contributed by atoms with van der Waals surface area (Å²) < 4.78 is 5.66. The van der Waals surface area contributed by atoms with Crippen molar-refractivity contribution in [3.63, 3.8) is 0 Å². The number of ether oxygens (including phenoxy) is 1. The lowest BCUT2D eigenvalue weighted by molar-refractivity contribution is 0.416. The van der Waals surface area contributed by atoms with Gasteiger partial charge in [-0.25, -0.2) is 0 Å². The van der Waals surface area contributed by atoms with Gasteiger partial charge in [0.2, 0.25) is 0 Å². The summed E-state index contributed by atoms with van der Waals surface area (Å²) in [5.74, 6) is 0.740. The highest BCUT2D eigenvalue weighted by Crippen LogP contribution is 2.57. The Labute approximate surface area is 210 Å². The molecule has 5 aromatic carbocycles. The molecule has 0 atom stereocenters. The van der Waals surface area contributed by atoms with Crippen LogP contribution in [0.3, 0.4) is 0 Å². The third-order valence-electron chi connectivity index (χ3n) is 7.08. The van der Waals surface area contributed by atoms with Crippen molar-refractivity contribution in [2.24, 2.45) is 0 Å². The fraction of sp³-hybridized carbons (Fsp3) is 0.0625. The molecule has 6 rings (SSSR count). The number of benzene rings is 5. The van der Waals surface area contributed by atoms with E-state index >= 15 is 0 Å². The van der Waals surface area contributed by atoms with Crippen molar-refractivity contribution in [3.05, 3.63) is 143 Å². The summed E-state index contributed by atoms with van der Waals surface area (Å²) in [6.07, 6.45) is 0. The number of hydrogen-bond acceptors (Lipinski definition) is 2. The van der Waals surface area contributed by atoms with Gasteiger partial charge in [-0.1, -0.05) is 96.5 Å². The van der Waals surface area contributed by atoms with Gasteiger partial charge >= 0.3 is 0 Å². The summed E-state index contributed by atoms with van der Waals surface area (Å²) in [7, 11) is 1.67.